The first-order valence-corrected chi connectivity index (χ1v) is 11.4. The van der Waals surface area contributed by atoms with E-state index in [1.165, 1.54) is 4.90 Å². The third-order valence-corrected chi connectivity index (χ3v) is 4.98. The van der Waals surface area contributed by atoms with Crippen LogP contribution in [-0.2, 0) is 14.3 Å². The van der Waals surface area contributed by atoms with Crippen LogP contribution in [0.5, 0.6) is 0 Å². The van der Waals surface area contributed by atoms with Gasteiger partial charge in [0.1, 0.15) is 11.6 Å². The fourth-order valence-corrected chi connectivity index (χ4v) is 2.83. The van der Waals surface area contributed by atoms with Gasteiger partial charge >= 0.3 is 12.1 Å². The van der Waals surface area contributed by atoms with Crippen molar-refractivity contribution in [1.29, 1.82) is 0 Å². The Labute approximate surface area is 133 Å². The normalized spacial score (nSPS) is 22.6. The Morgan fingerprint density at radius 3 is 2.36 bits per heavy atom. The van der Waals surface area contributed by atoms with Crippen LogP contribution in [0.2, 0.25) is 25.7 Å². The van der Waals surface area contributed by atoms with Gasteiger partial charge in [-0.15, -0.1) is 0 Å². The van der Waals surface area contributed by atoms with Gasteiger partial charge in [0.05, 0.1) is 19.3 Å². The van der Waals surface area contributed by atoms with Gasteiger partial charge in [-0.25, -0.2) is 9.59 Å². The Bertz CT molecular complexity index is 413. The third-order valence-electron chi connectivity index (χ3n) is 3.28. The second-order valence-electron chi connectivity index (χ2n) is 8.02. The molecule has 1 saturated heterocycles. The second-order valence-corrected chi connectivity index (χ2v) is 13.6. The molecule has 1 rings (SSSR count). The number of carbonyl (C=O) groups is 2. The van der Waals surface area contributed by atoms with E-state index in [0.717, 1.165) is 6.04 Å². The Balaban J connectivity index is 2.62. The van der Waals surface area contributed by atoms with Gasteiger partial charge in [0, 0.05) is 14.5 Å². The molecule has 0 radical (unpaired) electrons. The summed E-state index contributed by atoms with van der Waals surface area (Å²) in [5, 5.41) is 9.77. The topological polar surface area (TPSA) is 76.1 Å². The first-order chi connectivity index (χ1) is 9.89. The van der Waals surface area contributed by atoms with Crippen molar-refractivity contribution in [2.24, 2.45) is 0 Å². The molecule has 0 aromatic carbocycles. The largest absolute Gasteiger partial charge is 0.464 e. The molecule has 2 atom stereocenters. The molecule has 128 valence electrons. The van der Waals surface area contributed by atoms with Crippen molar-refractivity contribution >= 4 is 20.1 Å². The molecule has 7 heteroatoms. The maximum Gasteiger partial charge on any atom is 0.411 e. The zero-order chi connectivity index (χ0) is 17.1. The highest BCUT2D eigenvalue weighted by atomic mass is 28.3. The van der Waals surface area contributed by atoms with E-state index >= 15 is 0 Å². The van der Waals surface area contributed by atoms with E-state index in [1.54, 1.807) is 20.8 Å². The van der Waals surface area contributed by atoms with Crippen LogP contribution in [0.15, 0.2) is 0 Å². The lowest BCUT2D eigenvalue weighted by Crippen LogP contribution is -2.44. The summed E-state index contributed by atoms with van der Waals surface area (Å²) in [7, 11) is -1.28. The standard InChI is InChI=1S/C15H29NO5Si/c1-15(2,3)21-14(19)16-10-11(17)9-12(16)13(18)20-7-8-22(4,5)6/h11-12,17H,7-10H2,1-6H3/t11-,12-/m0/s1. The Morgan fingerprint density at radius 2 is 1.86 bits per heavy atom. The Morgan fingerprint density at radius 1 is 1.27 bits per heavy atom. The molecular formula is C15H29NO5Si. The maximum absolute atomic E-state index is 12.2. The number of aliphatic hydroxyl groups excluding tert-OH is 1. The quantitative estimate of drug-likeness (QED) is 0.631. The van der Waals surface area contributed by atoms with E-state index in [1.807, 2.05) is 0 Å². The van der Waals surface area contributed by atoms with Gasteiger partial charge in [-0.1, -0.05) is 19.6 Å². The molecule has 0 aromatic rings. The van der Waals surface area contributed by atoms with Crippen LogP contribution in [0.25, 0.3) is 0 Å². The van der Waals surface area contributed by atoms with E-state index in [4.69, 9.17) is 9.47 Å². The van der Waals surface area contributed by atoms with Crippen molar-refractivity contribution in [2.45, 2.75) is 70.6 Å². The number of likely N-dealkylation sites (tertiary alicyclic amines) is 1. The fraction of sp³-hybridized carbons (Fsp3) is 0.867. The van der Waals surface area contributed by atoms with Gasteiger partial charge in [-0.3, -0.25) is 4.90 Å². The molecule has 0 spiro atoms. The van der Waals surface area contributed by atoms with E-state index in [0.29, 0.717) is 6.61 Å². The number of esters is 1. The maximum atomic E-state index is 12.2. The third kappa shape index (κ3) is 6.35. The summed E-state index contributed by atoms with van der Waals surface area (Å²) >= 11 is 0. The predicted octanol–water partition coefficient (Wildman–Crippen LogP) is 2.24. The van der Waals surface area contributed by atoms with Crippen LogP contribution < -0.4 is 0 Å². The van der Waals surface area contributed by atoms with Crippen molar-refractivity contribution in [2.75, 3.05) is 13.2 Å². The first-order valence-electron chi connectivity index (χ1n) is 7.73. The molecule has 1 aliphatic heterocycles. The summed E-state index contributed by atoms with van der Waals surface area (Å²) in [4.78, 5) is 25.6. The number of nitrogens with zero attached hydrogens (tertiary/aromatic N) is 1. The van der Waals surface area contributed by atoms with Crippen molar-refractivity contribution in [3.8, 4) is 0 Å². The van der Waals surface area contributed by atoms with E-state index < -0.39 is 37.9 Å². The summed E-state index contributed by atoms with van der Waals surface area (Å²) in [6.07, 6.45) is -1.11. The number of hydrogen-bond donors (Lipinski definition) is 1. The fourth-order valence-electron chi connectivity index (χ4n) is 2.11. The summed E-state index contributed by atoms with van der Waals surface area (Å²) in [6.45, 7) is 12.4. The summed E-state index contributed by atoms with van der Waals surface area (Å²) in [5.74, 6) is -0.458. The van der Waals surface area contributed by atoms with Gasteiger partial charge in [0.25, 0.3) is 0 Å². The Hall–Kier alpha value is -1.08. The minimum atomic E-state index is -1.28. The number of aliphatic hydroxyl groups is 1. The minimum absolute atomic E-state index is 0.0999. The van der Waals surface area contributed by atoms with E-state index in [-0.39, 0.29) is 13.0 Å². The number of amides is 1. The lowest BCUT2D eigenvalue weighted by molar-refractivity contribution is -0.148. The molecule has 6 nitrogen and oxygen atoms in total. The van der Waals surface area contributed by atoms with E-state index in [9.17, 15) is 14.7 Å². The number of carbonyl (C=O) groups excluding carboxylic acids is 2. The number of ether oxygens (including phenoxy) is 2. The molecule has 0 aliphatic carbocycles. The van der Waals surface area contributed by atoms with Crippen LogP contribution in [-0.4, -0.2) is 61.0 Å². The van der Waals surface area contributed by atoms with Gasteiger partial charge in [0.15, 0.2) is 0 Å². The summed E-state index contributed by atoms with van der Waals surface area (Å²) in [6, 6.07) is 0.118. The molecule has 1 fully saturated rings. The lowest BCUT2D eigenvalue weighted by Gasteiger charge is -2.27. The average molecular weight is 331 g/mol. The molecule has 1 N–H and O–H groups in total. The molecule has 0 saturated carbocycles. The predicted molar refractivity (Wildman–Crippen MR) is 86.5 cm³/mol. The number of rotatable bonds is 4. The van der Waals surface area contributed by atoms with Crippen molar-refractivity contribution in [3.63, 3.8) is 0 Å². The number of hydrogen-bond acceptors (Lipinski definition) is 5. The summed E-state index contributed by atoms with van der Waals surface area (Å²) in [5.41, 5.74) is -0.642. The zero-order valence-corrected chi connectivity index (χ0v) is 15.5. The SMILES string of the molecule is CC(C)(C)OC(=O)N1C[C@@H](O)C[C@H]1C(=O)OCC[Si](C)(C)C. The monoisotopic (exact) mass is 331 g/mol. The van der Waals surface area contributed by atoms with Crippen molar-refractivity contribution in [3.05, 3.63) is 0 Å². The Kier molecular flexibility index (Phi) is 6.03. The van der Waals surface area contributed by atoms with Crippen molar-refractivity contribution in [1.82, 2.24) is 4.90 Å². The molecule has 1 heterocycles. The van der Waals surface area contributed by atoms with Gasteiger partial charge < -0.3 is 14.6 Å². The molecule has 1 amide bonds. The van der Waals surface area contributed by atoms with Crippen molar-refractivity contribution < 1.29 is 24.2 Å². The van der Waals surface area contributed by atoms with Gasteiger partial charge in [-0.2, -0.15) is 0 Å². The molecule has 22 heavy (non-hydrogen) atoms. The van der Waals surface area contributed by atoms with Crippen LogP contribution in [0.3, 0.4) is 0 Å². The average Bonchev–Trinajstić information content (AvgIpc) is 2.67. The highest BCUT2D eigenvalue weighted by Gasteiger charge is 2.41. The minimum Gasteiger partial charge on any atom is -0.464 e. The highest BCUT2D eigenvalue weighted by molar-refractivity contribution is 6.76. The summed E-state index contributed by atoms with van der Waals surface area (Å²) < 4.78 is 10.6. The zero-order valence-electron chi connectivity index (χ0n) is 14.5. The van der Waals surface area contributed by atoms with E-state index in [2.05, 4.69) is 19.6 Å². The molecule has 0 bridgehead atoms. The lowest BCUT2D eigenvalue weighted by atomic mass is 10.2. The second kappa shape index (κ2) is 7.00. The van der Waals surface area contributed by atoms with Crippen LogP contribution in [0.4, 0.5) is 4.79 Å². The van der Waals surface area contributed by atoms with Crippen LogP contribution >= 0.6 is 0 Å². The molecule has 0 aromatic heterocycles. The molecule has 1 aliphatic rings. The van der Waals surface area contributed by atoms with Gasteiger partial charge in [0.2, 0.25) is 0 Å². The van der Waals surface area contributed by atoms with Crippen LogP contribution in [0.1, 0.15) is 27.2 Å². The first kappa shape index (κ1) is 19.0. The van der Waals surface area contributed by atoms with Crippen LogP contribution in [0, 0.1) is 0 Å². The molecular weight excluding hydrogens is 302 g/mol. The molecule has 0 unspecified atom stereocenters. The van der Waals surface area contributed by atoms with Gasteiger partial charge in [-0.05, 0) is 26.8 Å². The smallest absolute Gasteiger partial charge is 0.411 e. The number of β-amino-alcohol motifs (C(OH)–C–C–N with tert-alkyl or cyclic N) is 1. The highest BCUT2D eigenvalue weighted by Crippen LogP contribution is 2.22.